The van der Waals surface area contributed by atoms with E-state index in [4.69, 9.17) is 14.3 Å². The van der Waals surface area contributed by atoms with Gasteiger partial charge < -0.3 is 19.6 Å². The molecule has 0 aliphatic rings. The van der Waals surface area contributed by atoms with Gasteiger partial charge in [-0.1, -0.05) is 17.3 Å². The molecule has 1 atom stereocenters. The first-order chi connectivity index (χ1) is 17.4. The van der Waals surface area contributed by atoms with Crippen LogP contribution >= 0.6 is 8.60 Å². The van der Waals surface area contributed by atoms with Crippen molar-refractivity contribution >= 4 is 25.8 Å². The Hall–Kier alpha value is -3.38. The van der Waals surface area contributed by atoms with Crippen molar-refractivity contribution in [1.29, 1.82) is 0 Å². The van der Waals surface area contributed by atoms with Gasteiger partial charge in [-0.25, -0.2) is 4.98 Å². The third kappa shape index (κ3) is 5.80. The Morgan fingerprint density at radius 2 is 1.97 bits per heavy atom. The van der Waals surface area contributed by atoms with Crippen LogP contribution in [-0.4, -0.2) is 47.0 Å². The number of aryl methyl sites for hydroxylation is 3. The Bertz CT molecular complexity index is 1440. The quantitative estimate of drug-likeness (QED) is 0.275. The summed E-state index contributed by atoms with van der Waals surface area (Å²) < 4.78 is 51.3. The molecule has 1 unspecified atom stereocenters. The van der Waals surface area contributed by atoms with E-state index in [2.05, 4.69) is 25.0 Å². The fourth-order valence-electron chi connectivity index (χ4n) is 3.57. The Kier molecular flexibility index (Phi) is 7.33. The molecule has 1 amide bonds. The number of fused-ring (bicyclic) bond motifs is 1. The average molecular weight is 537 g/mol. The lowest BCUT2D eigenvalue weighted by Gasteiger charge is -2.31. The lowest BCUT2D eigenvalue weighted by molar-refractivity contribution is -0.246. The van der Waals surface area contributed by atoms with Crippen molar-refractivity contribution in [2.45, 2.75) is 45.4 Å². The fraction of sp³-hybridized carbons (Fsp3) is 0.304. The number of hydrogen-bond donors (Lipinski definition) is 3. The minimum atomic E-state index is -4.86. The molecular weight excluding hydrogens is 514 g/mol. The van der Waals surface area contributed by atoms with E-state index >= 15 is 0 Å². The van der Waals surface area contributed by atoms with Crippen molar-refractivity contribution < 1.29 is 36.8 Å². The van der Waals surface area contributed by atoms with Gasteiger partial charge in [0, 0.05) is 23.9 Å². The van der Waals surface area contributed by atoms with Crippen molar-refractivity contribution in [1.82, 2.24) is 19.5 Å². The molecular formula is C23H23F3N5O5P. The van der Waals surface area contributed by atoms with Gasteiger partial charge >= 0.3 is 14.8 Å². The van der Waals surface area contributed by atoms with Gasteiger partial charge in [-0.05, 0) is 56.5 Å². The monoisotopic (exact) mass is 537 g/mol. The van der Waals surface area contributed by atoms with Gasteiger partial charge in [0.2, 0.25) is 11.7 Å². The summed E-state index contributed by atoms with van der Waals surface area (Å²) in [6.07, 6.45) is -2.62. The van der Waals surface area contributed by atoms with E-state index in [9.17, 15) is 18.0 Å². The zero-order chi connectivity index (χ0) is 27.0. The predicted molar refractivity (Wildman–Crippen MR) is 128 cm³/mol. The minimum absolute atomic E-state index is 0.0959. The normalized spacial score (nSPS) is 13.8. The van der Waals surface area contributed by atoms with E-state index in [0.717, 1.165) is 11.1 Å². The number of carbonyl (C=O) groups is 1. The van der Waals surface area contributed by atoms with E-state index in [-0.39, 0.29) is 24.0 Å². The molecule has 14 heteroatoms. The molecule has 4 aromatic rings. The van der Waals surface area contributed by atoms with Crippen LogP contribution in [0.3, 0.4) is 0 Å². The van der Waals surface area contributed by atoms with Crippen LogP contribution in [-0.2, 0) is 10.9 Å². The van der Waals surface area contributed by atoms with Gasteiger partial charge in [-0.3, -0.25) is 13.7 Å². The summed E-state index contributed by atoms with van der Waals surface area (Å²) in [5.41, 5.74) is 0.877. The number of benzene rings is 1. The maximum Gasteiger partial charge on any atom is 0.417 e. The third-order valence-electron chi connectivity index (χ3n) is 5.81. The Morgan fingerprint density at radius 3 is 2.68 bits per heavy atom. The highest BCUT2D eigenvalue weighted by atomic mass is 31.2. The smallest absolute Gasteiger partial charge is 0.339 e. The van der Waals surface area contributed by atoms with Gasteiger partial charge in [0.25, 0.3) is 5.91 Å². The summed E-state index contributed by atoms with van der Waals surface area (Å²) in [6.45, 7) is 4.44. The number of rotatable bonds is 8. The largest absolute Gasteiger partial charge is 0.417 e. The minimum Gasteiger partial charge on any atom is -0.339 e. The summed E-state index contributed by atoms with van der Waals surface area (Å²) in [6, 6.07) is 8.76. The second-order valence-electron chi connectivity index (χ2n) is 8.64. The lowest BCUT2D eigenvalue weighted by atomic mass is 10.00. The van der Waals surface area contributed by atoms with Gasteiger partial charge in [-0.15, -0.1) is 0 Å². The van der Waals surface area contributed by atoms with Crippen molar-refractivity contribution in [3.8, 4) is 11.4 Å². The lowest BCUT2D eigenvalue weighted by Crippen LogP contribution is -2.44. The first-order valence-electron chi connectivity index (χ1n) is 11.0. The van der Waals surface area contributed by atoms with Crippen molar-refractivity contribution in [2.75, 3.05) is 5.32 Å². The zero-order valence-corrected chi connectivity index (χ0v) is 20.8. The number of aromatic nitrogens is 4. The SMILES string of the molecule is Cc1ccn2c(C(=O)Nc3cc(-c4noc(CCC(C)(OP(O)O)C(F)(F)F)n4)ccc3C)cnc2c1. The maximum atomic E-state index is 13.4. The molecule has 3 heterocycles. The number of imidazole rings is 1. The molecule has 0 fully saturated rings. The van der Waals surface area contributed by atoms with E-state index in [1.165, 1.54) is 6.20 Å². The highest BCUT2D eigenvalue weighted by Gasteiger charge is 2.53. The van der Waals surface area contributed by atoms with E-state index in [1.807, 2.05) is 19.1 Å². The van der Waals surface area contributed by atoms with Gasteiger partial charge in [0.15, 0.2) is 5.60 Å². The number of nitrogens with zero attached hydrogens (tertiary/aromatic N) is 4. The van der Waals surface area contributed by atoms with Crippen LogP contribution in [0.5, 0.6) is 0 Å². The van der Waals surface area contributed by atoms with Crippen LogP contribution in [0.1, 0.15) is 40.9 Å². The molecule has 0 bridgehead atoms. The molecule has 0 saturated heterocycles. The first kappa shape index (κ1) is 26.7. The van der Waals surface area contributed by atoms with Crippen LogP contribution in [0.25, 0.3) is 17.0 Å². The molecule has 3 N–H and O–H groups in total. The number of hydrogen-bond acceptors (Lipinski definition) is 8. The molecule has 0 aliphatic heterocycles. The van der Waals surface area contributed by atoms with Crippen LogP contribution in [0.2, 0.25) is 0 Å². The fourth-order valence-corrected chi connectivity index (χ4v) is 4.13. The number of halogens is 3. The molecule has 10 nitrogen and oxygen atoms in total. The molecule has 3 aromatic heterocycles. The molecule has 0 spiro atoms. The number of anilines is 1. The summed E-state index contributed by atoms with van der Waals surface area (Å²) in [5.74, 6) is -0.372. The van der Waals surface area contributed by atoms with Crippen molar-refractivity contribution in [3.05, 3.63) is 65.4 Å². The van der Waals surface area contributed by atoms with Crippen molar-refractivity contribution in [3.63, 3.8) is 0 Å². The number of pyridine rings is 1. The van der Waals surface area contributed by atoms with Gasteiger partial charge in [-0.2, -0.15) is 18.2 Å². The highest BCUT2D eigenvalue weighted by molar-refractivity contribution is 7.39. The molecule has 196 valence electrons. The van der Waals surface area contributed by atoms with Crippen LogP contribution in [0.4, 0.5) is 18.9 Å². The van der Waals surface area contributed by atoms with E-state index < -0.39 is 26.8 Å². The standard InChI is InChI=1S/C23H23F3N5O5P/c1-13-7-9-31-17(12-27-18(31)10-13)21(32)28-16-11-15(5-4-14(16)2)20-29-19(35-30-20)6-8-22(3,23(24,25)26)36-37(33)34/h4-5,7,9-12,33-34H,6,8H2,1-3H3,(H,28,32). The number of alkyl halides is 3. The van der Waals surface area contributed by atoms with E-state index in [0.29, 0.717) is 29.5 Å². The average Bonchev–Trinajstić information content (AvgIpc) is 3.45. The second-order valence-corrected chi connectivity index (χ2v) is 9.33. The van der Waals surface area contributed by atoms with Crippen LogP contribution in [0, 0.1) is 13.8 Å². The number of nitrogens with one attached hydrogen (secondary N) is 1. The molecule has 1 aromatic carbocycles. The first-order valence-corrected chi connectivity index (χ1v) is 12.2. The molecule has 4 rings (SSSR count). The molecule has 37 heavy (non-hydrogen) atoms. The topological polar surface area (TPSA) is 135 Å². The third-order valence-corrected chi connectivity index (χ3v) is 6.38. The number of carbonyl (C=O) groups excluding carboxylic acids is 1. The number of amides is 1. The summed E-state index contributed by atoms with van der Waals surface area (Å²) >= 11 is 0. The predicted octanol–water partition coefficient (Wildman–Crippen LogP) is 4.74. The van der Waals surface area contributed by atoms with E-state index in [1.54, 1.807) is 35.7 Å². The summed E-state index contributed by atoms with van der Waals surface area (Å²) in [5, 5.41) is 6.67. The summed E-state index contributed by atoms with van der Waals surface area (Å²) in [4.78, 5) is 39.3. The molecule has 0 aliphatic carbocycles. The molecule has 0 saturated carbocycles. The highest BCUT2D eigenvalue weighted by Crippen LogP contribution is 2.44. The Balaban J connectivity index is 1.51. The summed E-state index contributed by atoms with van der Waals surface area (Å²) in [7, 11) is -3.23. The Morgan fingerprint density at radius 1 is 1.22 bits per heavy atom. The second kappa shape index (κ2) is 10.2. The Labute approximate surface area is 210 Å². The van der Waals surface area contributed by atoms with Gasteiger partial charge in [0.05, 0.1) is 6.20 Å². The molecule has 0 radical (unpaired) electrons. The maximum absolute atomic E-state index is 13.4. The van der Waals surface area contributed by atoms with Crippen LogP contribution < -0.4 is 5.32 Å². The van der Waals surface area contributed by atoms with Gasteiger partial charge in [0.1, 0.15) is 11.3 Å². The van der Waals surface area contributed by atoms with Crippen molar-refractivity contribution in [2.24, 2.45) is 0 Å². The zero-order valence-electron chi connectivity index (χ0n) is 19.9. The van der Waals surface area contributed by atoms with Crippen LogP contribution in [0.15, 0.2) is 47.2 Å².